The monoisotopic (exact) mass is 250 g/mol. The van der Waals surface area contributed by atoms with Crippen molar-refractivity contribution in [1.82, 2.24) is 4.90 Å². The van der Waals surface area contributed by atoms with Crippen LogP contribution in [0, 0.1) is 0 Å². The van der Waals surface area contributed by atoms with Crippen molar-refractivity contribution >= 4 is 12.0 Å². The Morgan fingerprint density at radius 1 is 1.35 bits per heavy atom. The van der Waals surface area contributed by atoms with E-state index in [4.69, 9.17) is 0 Å². The molecule has 0 saturated carbocycles. The second-order valence-electron chi connectivity index (χ2n) is 3.87. The maximum atomic E-state index is 11.7. The molecule has 1 aromatic rings. The molecule has 3 nitrogen and oxygen atoms in total. The van der Waals surface area contributed by atoms with Gasteiger partial charge < -0.3 is 12.4 Å². The molecular weight excluding hydrogens is 236 g/mol. The molecule has 1 N–H and O–H groups in total. The Labute approximate surface area is 107 Å². The van der Waals surface area contributed by atoms with Gasteiger partial charge in [0.05, 0.1) is 13.2 Å². The third-order valence-corrected chi connectivity index (χ3v) is 2.46. The highest BCUT2D eigenvalue weighted by Crippen LogP contribution is 2.02. The van der Waals surface area contributed by atoms with Gasteiger partial charge in [0.1, 0.15) is 6.20 Å². The Bertz CT molecular complexity index is 428. The van der Waals surface area contributed by atoms with Gasteiger partial charge in [0.15, 0.2) is 6.67 Å². The van der Waals surface area contributed by atoms with E-state index in [-0.39, 0.29) is 18.3 Å². The van der Waals surface area contributed by atoms with E-state index in [1.54, 1.807) is 11.0 Å². The van der Waals surface area contributed by atoms with Crippen LogP contribution in [-0.2, 0) is 4.79 Å². The highest BCUT2D eigenvalue weighted by atomic mass is 35.5. The molecule has 1 amide bonds. The summed E-state index contributed by atoms with van der Waals surface area (Å²) in [6.07, 6.45) is 7.24. The molecule has 1 heterocycles. The lowest BCUT2D eigenvalue weighted by atomic mass is 10.2. The SMILES string of the molecule is C[NH+]1C=CN(C(=O)C=Cc2ccccc2)C1.[Cl-]. The summed E-state index contributed by atoms with van der Waals surface area (Å²) in [6.45, 7) is 0.706. The van der Waals surface area contributed by atoms with Crippen molar-refractivity contribution in [3.05, 3.63) is 54.4 Å². The maximum absolute atomic E-state index is 11.7. The zero-order valence-electron chi connectivity index (χ0n) is 9.64. The second-order valence-corrected chi connectivity index (χ2v) is 3.87. The Morgan fingerprint density at radius 3 is 2.65 bits per heavy atom. The molecule has 0 radical (unpaired) electrons. The smallest absolute Gasteiger partial charge is 0.255 e. The fourth-order valence-electron chi connectivity index (χ4n) is 1.57. The summed E-state index contributed by atoms with van der Waals surface area (Å²) in [5, 5.41) is 0. The van der Waals surface area contributed by atoms with Crippen molar-refractivity contribution in [3.8, 4) is 0 Å². The first kappa shape index (κ1) is 13.5. The van der Waals surface area contributed by atoms with E-state index in [1.807, 2.05) is 55.9 Å². The molecule has 1 unspecified atom stereocenters. The van der Waals surface area contributed by atoms with Crippen LogP contribution in [0.4, 0.5) is 0 Å². The number of carbonyl (C=O) groups excluding carboxylic acids is 1. The molecule has 0 aromatic heterocycles. The molecule has 17 heavy (non-hydrogen) atoms. The number of nitrogens with zero attached hydrogens (tertiary/aromatic N) is 1. The Morgan fingerprint density at radius 2 is 2.06 bits per heavy atom. The van der Waals surface area contributed by atoms with E-state index < -0.39 is 0 Å². The summed E-state index contributed by atoms with van der Waals surface area (Å²) in [6, 6.07) is 9.82. The molecule has 0 aliphatic carbocycles. The second kappa shape index (κ2) is 6.23. The van der Waals surface area contributed by atoms with E-state index in [1.165, 1.54) is 4.90 Å². The molecule has 0 spiro atoms. The van der Waals surface area contributed by atoms with Crippen LogP contribution in [0.3, 0.4) is 0 Å². The summed E-state index contributed by atoms with van der Waals surface area (Å²) in [4.78, 5) is 14.7. The van der Waals surface area contributed by atoms with E-state index in [0.717, 1.165) is 5.56 Å². The Hall–Kier alpha value is -1.58. The predicted molar refractivity (Wildman–Crippen MR) is 63.2 cm³/mol. The number of carbonyl (C=O) groups is 1. The zero-order valence-corrected chi connectivity index (χ0v) is 10.4. The number of hydrogen-bond acceptors (Lipinski definition) is 1. The van der Waals surface area contributed by atoms with Crippen molar-refractivity contribution in [2.75, 3.05) is 13.7 Å². The Kier molecular flexibility index (Phi) is 4.94. The van der Waals surface area contributed by atoms with Crippen LogP contribution in [0.1, 0.15) is 5.56 Å². The van der Waals surface area contributed by atoms with Gasteiger partial charge in [-0.2, -0.15) is 0 Å². The summed E-state index contributed by atoms with van der Waals surface area (Å²) in [5.74, 6) is 0.0250. The maximum Gasteiger partial charge on any atom is 0.255 e. The quantitative estimate of drug-likeness (QED) is 0.577. The minimum Gasteiger partial charge on any atom is -1.00 e. The molecule has 0 saturated heterocycles. The molecule has 1 aliphatic rings. The molecule has 1 aromatic carbocycles. The number of rotatable bonds is 2. The average molecular weight is 251 g/mol. The molecule has 0 fully saturated rings. The summed E-state index contributed by atoms with van der Waals surface area (Å²) in [5.41, 5.74) is 1.04. The third kappa shape index (κ3) is 3.73. The van der Waals surface area contributed by atoms with E-state index in [2.05, 4.69) is 0 Å². The number of halogens is 1. The first-order valence-corrected chi connectivity index (χ1v) is 5.30. The molecule has 2 rings (SSSR count). The van der Waals surface area contributed by atoms with Gasteiger partial charge in [-0.05, 0) is 11.6 Å². The normalized spacial score (nSPS) is 18.4. The minimum atomic E-state index is 0. The van der Waals surface area contributed by atoms with E-state index in [9.17, 15) is 4.79 Å². The number of amides is 1. The lowest BCUT2D eigenvalue weighted by Crippen LogP contribution is -3.03. The number of benzene rings is 1. The number of nitrogens with one attached hydrogen (secondary N) is 1. The lowest BCUT2D eigenvalue weighted by Gasteiger charge is -2.09. The lowest BCUT2D eigenvalue weighted by molar-refractivity contribution is -0.825. The van der Waals surface area contributed by atoms with Crippen LogP contribution >= 0.6 is 0 Å². The van der Waals surface area contributed by atoms with Crippen LogP contribution in [0.2, 0.25) is 0 Å². The Balaban J connectivity index is 0.00000144. The average Bonchev–Trinajstić information content (AvgIpc) is 2.74. The summed E-state index contributed by atoms with van der Waals surface area (Å²) < 4.78 is 0. The van der Waals surface area contributed by atoms with Gasteiger partial charge in [0, 0.05) is 6.08 Å². The highest BCUT2D eigenvalue weighted by Gasteiger charge is 2.17. The molecule has 0 bridgehead atoms. The molecular formula is C13H15ClN2O. The van der Waals surface area contributed by atoms with Crippen molar-refractivity contribution in [2.45, 2.75) is 0 Å². The molecule has 1 atom stereocenters. The highest BCUT2D eigenvalue weighted by molar-refractivity contribution is 5.92. The third-order valence-electron chi connectivity index (χ3n) is 2.46. The van der Waals surface area contributed by atoms with Gasteiger partial charge in [0.2, 0.25) is 0 Å². The zero-order chi connectivity index (χ0) is 11.4. The minimum absolute atomic E-state index is 0. The number of quaternary nitrogens is 1. The van der Waals surface area contributed by atoms with E-state index >= 15 is 0 Å². The first-order valence-electron chi connectivity index (χ1n) is 5.30. The standard InChI is InChI=1S/C13H14N2O.ClH/c1-14-9-10-15(11-14)13(16)8-7-12-5-3-2-4-6-12;/h2-10H,11H2,1H3;1H. The van der Waals surface area contributed by atoms with Crippen molar-refractivity contribution < 1.29 is 22.1 Å². The predicted octanol–water partition coefficient (Wildman–Crippen LogP) is -2.51. The molecule has 90 valence electrons. The van der Waals surface area contributed by atoms with Crippen LogP contribution < -0.4 is 17.3 Å². The van der Waals surface area contributed by atoms with Gasteiger partial charge in [0.25, 0.3) is 5.91 Å². The summed E-state index contributed by atoms with van der Waals surface area (Å²) >= 11 is 0. The van der Waals surface area contributed by atoms with Crippen LogP contribution in [-0.4, -0.2) is 24.5 Å². The van der Waals surface area contributed by atoms with Gasteiger partial charge in [-0.15, -0.1) is 0 Å². The van der Waals surface area contributed by atoms with Gasteiger partial charge in [-0.1, -0.05) is 30.3 Å². The van der Waals surface area contributed by atoms with Crippen molar-refractivity contribution in [1.29, 1.82) is 0 Å². The van der Waals surface area contributed by atoms with Gasteiger partial charge >= 0.3 is 0 Å². The van der Waals surface area contributed by atoms with Crippen LogP contribution in [0.5, 0.6) is 0 Å². The fraction of sp³-hybridized carbons (Fsp3) is 0.154. The first-order chi connectivity index (χ1) is 7.75. The summed E-state index contributed by atoms with van der Waals surface area (Å²) in [7, 11) is 2.02. The van der Waals surface area contributed by atoms with E-state index in [0.29, 0.717) is 6.67 Å². The van der Waals surface area contributed by atoms with Crippen molar-refractivity contribution in [2.24, 2.45) is 0 Å². The van der Waals surface area contributed by atoms with Gasteiger partial charge in [-0.3, -0.25) is 14.6 Å². The van der Waals surface area contributed by atoms with Crippen LogP contribution in [0.25, 0.3) is 6.08 Å². The molecule has 4 heteroatoms. The molecule has 1 aliphatic heterocycles. The van der Waals surface area contributed by atoms with Gasteiger partial charge in [-0.25, -0.2) is 0 Å². The van der Waals surface area contributed by atoms with Crippen molar-refractivity contribution in [3.63, 3.8) is 0 Å². The topological polar surface area (TPSA) is 24.8 Å². The largest absolute Gasteiger partial charge is 1.00 e. The number of hydrogen-bond donors (Lipinski definition) is 1. The van der Waals surface area contributed by atoms with Crippen LogP contribution in [0.15, 0.2) is 48.8 Å². The fourth-order valence-corrected chi connectivity index (χ4v) is 1.57.